The highest BCUT2D eigenvalue weighted by Gasteiger charge is 2.24. The number of sulfone groups is 1. The minimum absolute atomic E-state index is 0.0935. The number of ether oxygens (including phenoxy) is 1. The second-order valence-electron chi connectivity index (χ2n) is 7.34. The van der Waals surface area contributed by atoms with Gasteiger partial charge in [-0.1, -0.05) is 30.3 Å². The van der Waals surface area contributed by atoms with Crippen LogP contribution < -0.4 is 15.4 Å². The molecule has 0 saturated carbocycles. The summed E-state index contributed by atoms with van der Waals surface area (Å²) in [7, 11) is -2.26. The van der Waals surface area contributed by atoms with Gasteiger partial charge < -0.3 is 15.4 Å². The van der Waals surface area contributed by atoms with Crippen molar-refractivity contribution in [2.45, 2.75) is 17.4 Å². The Morgan fingerprint density at radius 1 is 1.18 bits per heavy atom. The van der Waals surface area contributed by atoms with Gasteiger partial charge in [0.25, 0.3) is 5.91 Å². The standard InChI is InChI=1S/C23H25N3O5S3/c1-31-19-10-9-16(13-20(19)34(3,29)30)21(27)24-17(11-12-32-2)22(28)26-23-25-18(14-33-23)15-7-5-4-6-8-15/h4-10,13-14,17H,11-12H2,1-3H3,(H,24,27)(H,25,26,28). The van der Waals surface area contributed by atoms with E-state index in [2.05, 4.69) is 15.6 Å². The van der Waals surface area contributed by atoms with Gasteiger partial charge in [-0.05, 0) is 36.6 Å². The molecule has 0 aliphatic carbocycles. The maximum absolute atomic E-state index is 13.0. The number of aromatic nitrogens is 1. The largest absolute Gasteiger partial charge is 0.495 e. The van der Waals surface area contributed by atoms with Gasteiger partial charge in [-0.2, -0.15) is 11.8 Å². The molecule has 2 aromatic carbocycles. The monoisotopic (exact) mass is 519 g/mol. The van der Waals surface area contributed by atoms with Gasteiger partial charge in [-0.25, -0.2) is 13.4 Å². The predicted molar refractivity (Wildman–Crippen MR) is 137 cm³/mol. The molecule has 1 aromatic heterocycles. The molecule has 0 bridgehead atoms. The number of carbonyl (C=O) groups is 2. The fraction of sp³-hybridized carbons (Fsp3) is 0.261. The molecule has 2 amide bonds. The zero-order valence-electron chi connectivity index (χ0n) is 18.9. The van der Waals surface area contributed by atoms with Gasteiger partial charge in [0, 0.05) is 22.8 Å². The Balaban J connectivity index is 1.76. The quantitative estimate of drug-likeness (QED) is 0.420. The molecule has 0 radical (unpaired) electrons. The molecule has 0 saturated heterocycles. The summed E-state index contributed by atoms with van der Waals surface area (Å²) in [6, 6.07) is 12.9. The van der Waals surface area contributed by atoms with Crippen molar-refractivity contribution in [3.8, 4) is 17.0 Å². The Labute approximate surface area is 207 Å². The summed E-state index contributed by atoms with van der Waals surface area (Å²) >= 11 is 2.84. The van der Waals surface area contributed by atoms with E-state index in [1.54, 1.807) is 11.8 Å². The number of anilines is 1. The fourth-order valence-electron chi connectivity index (χ4n) is 3.12. The third kappa shape index (κ3) is 6.58. The van der Waals surface area contributed by atoms with E-state index < -0.39 is 27.7 Å². The number of benzene rings is 2. The first-order chi connectivity index (χ1) is 16.2. The van der Waals surface area contributed by atoms with E-state index in [0.717, 1.165) is 17.5 Å². The number of hydrogen-bond donors (Lipinski definition) is 2. The van der Waals surface area contributed by atoms with Crippen LogP contribution in [0.1, 0.15) is 16.8 Å². The van der Waals surface area contributed by atoms with Crippen molar-refractivity contribution >= 4 is 49.9 Å². The van der Waals surface area contributed by atoms with Crippen LogP contribution in [0.3, 0.4) is 0 Å². The molecule has 3 aromatic rings. The molecule has 180 valence electrons. The molecule has 34 heavy (non-hydrogen) atoms. The molecule has 3 rings (SSSR count). The van der Waals surface area contributed by atoms with E-state index >= 15 is 0 Å². The number of thioether (sulfide) groups is 1. The lowest BCUT2D eigenvalue weighted by atomic mass is 10.1. The minimum Gasteiger partial charge on any atom is -0.495 e. The van der Waals surface area contributed by atoms with Crippen LogP contribution in [-0.2, 0) is 14.6 Å². The molecule has 0 spiro atoms. The molecule has 1 atom stereocenters. The van der Waals surface area contributed by atoms with Crippen LogP contribution in [0.15, 0.2) is 58.8 Å². The van der Waals surface area contributed by atoms with Crippen LogP contribution in [0.4, 0.5) is 5.13 Å². The molecule has 0 aliphatic heterocycles. The maximum Gasteiger partial charge on any atom is 0.251 e. The van der Waals surface area contributed by atoms with Crippen molar-refractivity contribution in [2.24, 2.45) is 0 Å². The number of nitrogens with zero attached hydrogens (tertiary/aromatic N) is 1. The van der Waals surface area contributed by atoms with E-state index in [0.29, 0.717) is 17.3 Å². The first-order valence-electron chi connectivity index (χ1n) is 10.2. The van der Waals surface area contributed by atoms with Gasteiger partial charge in [-0.15, -0.1) is 11.3 Å². The van der Waals surface area contributed by atoms with E-state index in [9.17, 15) is 18.0 Å². The predicted octanol–water partition coefficient (Wildman–Crippen LogP) is 3.71. The topological polar surface area (TPSA) is 114 Å². The lowest BCUT2D eigenvalue weighted by molar-refractivity contribution is -0.118. The molecular weight excluding hydrogens is 494 g/mol. The van der Waals surface area contributed by atoms with Crippen LogP contribution in [-0.4, -0.2) is 56.6 Å². The van der Waals surface area contributed by atoms with Crippen LogP contribution in [0, 0.1) is 0 Å². The molecule has 8 nitrogen and oxygen atoms in total. The summed E-state index contributed by atoms with van der Waals surface area (Å²) in [6.07, 6.45) is 3.34. The summed E-state index contributed by atoms with van der Waals surface area (Å²) in [5, 5.41) is 7.78. The third-order valence-corrected chi connectivity index (χ3v) is 7.38. The van der Waals surface area contributed by atoms with Gasteiger partial charge in [0.15, 0.2) is 15.0 Å². The third-order valence-electron chi connectivity index (χ3n) is 4.86. The van der Waals surface area contributed by atoms with E-state index in [4.69, 9.17) is 4.74 Å². The molecule has 1 heterocycles. The van der Waals surface area contributed by atoms with Gasteiger partial charge >= 0.3 is 0 Å². The zero-order chi connectivity index (χ0) is 24.7. The Morgan fingerprint density at radius 3 is 2.56 bits per heavy atom. The van der Waals surface area contributed by atoms with Crippen LogP contribution >= 0.6 is 23.1 Å². The SMILES string of the molecule is COc1ccc(C(=O)NC(CCSC)C(=O)Nc2nc(-c3ccccc3)cs2)cc1S(C)(=O)=O. The average Bonchev–Trinajstić information content (AvgIpc) is 3.29. The fourth-order valence-corrected chi connectivity index (χ4v) is 5.17. The van der Waals surface area contributed by atoms with Crippen molar-refractivity contribution in [1.82, 2.24) is 10.3 Å². The first-order valence-corrected chi connectivity index (χ1v) is 14.4. The summed E-state index contributed by atoms with van der Waals surface area (Å²) in [5.41, 5.74) is 1.80. The van der Waals surface area contributed by atoms with E-state index in [1.807, 2.05) is 42.0 Å². The summed E-state index contributed by atoms with van der Waals surface area (Å²) < 4.78 is 29.3. The van der Waals surface area contributed by atoms with Crippen molar-refractivity contribution in [1.29, 1.82) is 0 Å². The van der Waals surface area contributed by atoms with Gasteiger partial charge in [0.1, 0.15) is 16.7 Å². The van der Waals surface area contributed by atoms with Crippen LogP contribution in [0.5, 0.6) is 5.75 Å². The maximum atomic E-state index is 13.0. The number of carbonyl (C=O) groups excluding carboxylic acids is 2. The lowest BCUT2D eigenvalue weighted by Gasteiger charge is -2.18. The minimum atomic E-state index is -3.62. The summed E-state index contributed by atoms with van der Waals surface area (Å²) in [5.74, 6) is -0.164. The second kappa shape index (κ2) is 11.5. The Bertz CT molecular complexity index is 1260. The number of methoxy groups -OCH3 is 1. The zero-order valence-corrected chi connectivity index (χ0v) is 21.4. The van der Waals surface area contributed by atoms with Gasteiger partial charge in [0.2, 0.25) is 5.91 Å². The van der Waals surface area contributed by atoms with E-state index in [1.165, 1.54) is 36.6 Å². The smallest absolute Gasteiger partial charge is 0.251 e. The highest BCUT2D eigenvalue weighted by Crippen LogP contribution is 2.26. The molecule has 0 fully saturated rings. The van der Waals surface area contributed by atoms with Crippen molar-refractivity contribution < 1.29 is 22.7 Å². The first kappa shape index (κ1) is 25.7. The summed E-state index contributed by atoms with van der Waals surface area (Å²) in [6.45, 7) is 0. The molecule has 0 aliphatic rings. The van der Waals surface area contributed by atoms with Crippen molar-refractivity contribution in [2.75, 3.05) is 30.7 Å². The lowest BCUT2D eigenvalue weighted by Crippen LogP contribution is -2.44. The number of amides is 2. The highest BCUT2D eigenvalue weighted by atomic mass is 32.2. The number of nitrogens with one attached hydrogen (secondary N) is 2. The second-order valence-corrected chi connectivity index (χ2v) is 11.2. The molecule has 2 N–H and O–H groups in total. The van der Waals surface area contributed by atoms with Gasteiger partial charge in [-0.3, -0.25) is 9.59 Å². The van der Waals surface area contributed by atoms with Gasteiger partial charge in [0.05, 0.1) is 12.8 Å². The van der Waals surface area contributed by atoms with Crippen molar-refractivity contribution in [3.63, 3.8) is 0 Å². The number of hydrogen-bond acceptors (Lipinski definition) is 8. The molecular formula is C23H25N3O5S3. The van der Waals surface area contributed by atoms with Crippen molar-refractivity contribution in [3.05, 3.63) is 59.5 Å². The van der Waals surface area contributed by atoms with E-state index in [-0.39, 0.29) is 16.2 Å². The Hall–Kier alpha value is -2.89. The number of thiazole rings is 1. The van der Waals surface area contributed by atoms with Crippen LogP contribution in [0.25, 0.3) is 11.3 Å². The normalized spacial score (nSPS) is 12.1. The molecule has 1 unspecified atom stereocenters. The summed E-state index contributed by atoms with van der Waals surface area (Å²) in [4.78, 5) is 30.2. The average molecular weight is 520 g/mol. The number of rotatable bonds is 10. The highest BCUT2D eigenvalue weighted by molar-refractivity contribution is 7.98. The van der Waals surface area contributed by atoms with Crippen LogP contribution in [0.2, 0.25) is 0 Å². The Kier molecular flexibility index (Phi) is 8.70. The Morgan fingerprint density at radius 2 is 1.91 bits per heavy atom. The molecule has 11 heteroatoms.